The maximum atomic E-state index is 5.92. The molecule has 0 spiro atoms. The topological polar surface area (TPSA) is 45.6 Å². The van der Waals surface area contributed by atoms with Gasteiger partial charge in [0.2, 0.25) is 0 Å². The van der Waals surface area contributed by atoms with E-state index in [-0.39, 0.29) is 12.1 Å². The number of aromatic nitrogens is 2. The molecular formula is C30H30BrN5OS. The third kappa shape index (κ3) is 4.61. The van der Waals surface area contributed by atoms with Crippen molar-refractivity contribution in [2.45, 2.75) is 25.9 Å². The molecule has 4 aromatic rings. The molecule has 2 aliphatic rings. The first kappa shape index (κ1) is 25.1. The monoisotopic (exact) mass is 587 g/mol. The number of halogens is 1. The predicted molar refractivity (Wildman–Crippen MR) is 160 cm³/mol. The van der Waals surface area contributed by atoms with Gasteiger partial charge in [0.15, 0.2) is 5.11 Å². The van der Waals surface area contributed by atoms with Crippen molar-refractivity contribution in [2.24, 2.45) is 0 Å². The molecule has 2 fully saturated rings. The van der Waals surface area contributed by atoms with Gasteiger partial charge in [-0.3, -0.25) is 4.98 Å². The molecule has 2 aliphatic heterocycles. The van der Waals surface area contributed by atoms with Crippen molar-refractivity contribution in [1.82, 2.24) is 14.9 Å². The van der Waals surface area contributed by atoms with Gasteiger partial charge in [-0.25, -0.2) is 0 Å². The lowest BCUT2D eigenvalue weighted by atomic mass is 9.96. The number of rotatable bonds is 5. The Bertz CT molecular complexity index is 1430. The van der Waals surface area contributed by atoms with Crippen LogP contribution in [0, 0.1) is 13.8 Å². The molecule has 2 aromatic heterocycles. The second-order valence-electron chi connectivity index (χ2n) is 9.75. The summed E-state index contributed by atoms with van der Waals surface area (Å²) in [5.74, 6) is 0. The molecule has 2 saturated heterocycles. The highest BCUT2D eigenvalue weighted by atomic mass is 79.9. The zero-order valence-electron chi connectivity index (χ0n) is 21.5. The number of hydrogen-bond acceptors (Lipinski definition) is 4. The highest BCUT2D eigenvalue weighted by molar-refractivity contribution is 9.10. The number of nitrogens with one attached hydrogen (secondary N) is 1. The molecule has 2 unspecified atom stereocenters. The molecule has 8 heteroatoms. The zero-order valence-corrected chi connectivity index (χ0v) is 23.9. The van der Waals surface area contributed by atoms with Crippen LogP contribution in [0.25, 0.3) is 5.69 Å². The number of hydrogen-bond donors (Lipinski definition) is 1. The first-order valence-corrected chi connectivity index (χ1v) is 14.1. The summed E-state index contributed by atoms with van der Waals surface area (Å²) < 4.78 is 8.90. The molecule has 194 valence electrons. The minimum atomic E-state index is -0.0787. The lowest BCUT2D eigenvalue weighted by molar-refractivity contribution is 0.122. The second-order valence-corrected chi connectivity index (χ2v) is 11.1. The standard InChI is InChI=1S/C30H30BrN5OS/c1-20-19-26(21(2)35(20)24-12-10-23(11-13-24)34-15-17-37-18-16-34)29-28(27-5-3-4-14-32-27)33-30(38)36(29)25-8-6-22(31)7-9-25/h3-14,19,28-29H,15-18H2,1-2H3,(H,33,38). The average Bonchev–Trinajstić information content (AvgIpc) is 3.45. The number of morpholine rings is 1. The fourth-order valence-corrected chi connectivity index (χ4v) is 6.28. The molecule has 6 rings (SSSR count). The van der Waals surface area contributed by atoms with Gasteiger partial charge in [-0.2, -0.15) is 0 Å². The lowest BCUT2D eigenvalue weighted by Gasteiger charge is -2.29. The van der Waals surface area contributed by atoms with E-state index >= 15 is 0 Å². The maximum absolute atomic E-state index is 5.92. The van der Waals surface area contributed by atoms with Gasteiger partial charge >= 0.3 is 0 Å². The maximum Gasteiger partial charge on any atom is 0.174 e. The summed E-state index contributed by atoms with van der Waals surface area (Å²) in [7, 11) is 0. The smallest absolute Gasteiger partial charge is 0.174 e. The summed E-state index contributed by atoms with van der Waals surface area (Å²) in [6.07, 6.45) is 1.85. The van der Waals surface area contributed by atoms with Crippen molar-refractivity contribution in [2.75, 3.05) is 36.1 Å². The summed E-state index contributed by atoms with van der Waals surface area (Å²) in [6, 6.07) is 25.4. The van der Waals surface area contributed by atoms with E-state index in [2.05, 4.69) is 110 Å². The number of thiocarbonyl (C=S) groups is 1. The van der Waals surface area contributed by atoms with Crippen LogP contribution in [0.2, 0.25) is 0 Å². The SMILES string of the molecule is Cc1cc(C2C(c3ccccn3)NC(=S)N2c2ccc(Br)cc2)c(C)n1-c1ccc(N2CCOCC2)cc1. The number of aryl methyl sites for hydroxylation is 1. The third-order valence-corrected chi connectivity index (χ3v) is 8.32. The van der Waals surface area contributed by atoms with Crippen LogP contribution in [-0.4, -0.2) is 41.0 Å². The fraction of sp³-hybridized carbons (Fsp3) is 0.267. The van der Waals surface area contributed by atoms with Gasteiger partial charge < -0.3 is 24.4 Å². The molecular weight excluding hydrogens is 558 g/mol. The van der Waals surface area contributed by atoms with Crippen molar-refractivity contribution in [3.63, 3.8) is 0 Å². The molecule has 0 aliphatic carbocycles. The van der Waals surface area contributed by atoms with E-state index in [9.17, 15) is 0 Å². The fourth-order valence-electron chi connectivity index (χ4n) is 5.67. The van der Waals surface area contributed by atoms with E-state index in [1.807, 2.05) is 18.3 Å². The van der Waals surface area contributed by atoms with Crippen molar-refractivity contribution >= 4 is 44.6 Å². The first-order valence-electron chi connectivity index (χ1n) is 12.9. The Balaban J connectivity index is 1.41. The van der Waals surface area contributed by atoms with Gasteiger partial charge in [-0.05, 0) is 98.4 Å². The van der Waals surface area contributed by atoms with Crippen LogP contribution in [0.3, 0.4) is 0 Å². The van der Waals surface area contributed by atoms with Crippen LogP contribution in [0.5, 0.6) is 0 Å². The highest BCUT2D eigenvalue weighted by Crippen LogP contribution is 2.44. The lowest BCUT2D eigenvalue weighted by Crippen LogP contribution is -2.36. The molecule has 0 bridgehead atoms. The minimum Gasteiger partial charge on any atom is -0.378 e. The quantitative estimate of drug-likeness (QED) is 0.278. The van der Waals surface area contributed by atoms with Gasteiger partial charge in [0.1, 0.15) is 0 Å². The van der Waals surface area contributed by atoms with Crippen LogP contribution >= 0.6 is 28.1 Å². The number of nitrogens with zero attached hydrogens (tertiary/aromatic N) is 4. The van der Waals surface area contributed by atoms with Crippen LogP contribution < -0.4 is 15.1 Å². The van der Waals surface area contributed by atoms with E-state index in [0.717, 1.165) is 47.8 Å². The minimum absolute atomic E-state index is 0.0499. The molecule has 0 saturated carbocycles. The number of benzene rings is 2. The molecule has 0 radical (unpaired) electrons. The van der Waals surface area contributed by atoms with Crippen molar-refractivity contribution in [3.8, 4) is 5.69 Å². The Kier molecular flexibility index (Phi) is 6.95. The van der Waals surface area contributed by atoms with Crippen molar-refractivity contribution in [1.29, 1.82) is 0 Å². The summed E-state index contributed by atoms with van der Waals surface area (Å²) >= 11 is 9.49. The Hall–Kier alpha value is -3.20. The second kappa shape index (κ2) is 10.5. The summed E-state index contributed by atoms with van der Waals surface area (Å²) in [5, 5.41) is 4.28. The van der Waals surface area contributed by atoms with Crippen molar-refractivity contribution in [3.05, 3.63) is 106 Å². The van der Waals surface area contributed by atoms with E-state index in [0.29, 0.717) is 5.11 Å². The molecule has 2 aromatic carbocycles. The van der Waals surface area contributed by atoms with Gasteiger partial charge in [0.05, 0.1) is 31.0 Å². The normalized spacial score (nSPS) is 19.6. The van der Waals surface area contributed by atoms with Gasteiger partial charge in [0, 0.05) is 52.2 Å². The van der Waals surface area contributed by atoms with Crippen LogP contribution in [0.4, 0.5) is 11.4 Å². The number of anilines is 2. The van der Waals surface area contributed by atoms with Gasteiger partial charge in [0.25, 0.3) is 0 Å². The Morgan fingerprint density at radius 1 is 0.921 bits per heavy atom. The Morgan fingerprint density at radius 3 is 2.29 bits per heavy atom. The summed E-state index contributed by atoms with van der Waals surface area (Å²) in [4.78, 5) is 9.32. The third-order valence-electron chi connectivity index (χ3n) is 7.48. The number of ether oxygens (including phenoxy) is 1. The highest BCUT2D eigenvalue weighted by Gasteiger charge is 2.42. The van der Waals surface area contributed by atoms with Crippen molar-refractivity contribution < 1.29 is 4.74 Å². The molecule has 4 heterocycles. The van der Waals surface area contributed by atoms with Gasteiger partial charge in [-0.1, -0.05) is 22.0 Å². The predicted octanol–water partition coefficient (Wildman–Crippen LogP) is 6.27. The molecule has 0 amide bonds. The average molecular weight is 589 g/mol. The van der Waals surface area contributed by atoms with Crippen LogP contribution in [0.15, 0.2) is 83.5 Å². The largest absolute Gasteiger partial charge is 0.378 e. The van der Waals surface area contributed by atoms with E-state index in [1.54, 1.807) is 0 Å². The van der Waals surface area contributed by atoms with E-state index < -0.39 is 0 Å². The summed E-state index contributed by atoms with van der Waals surface area (Å²) in [6.45, 7) is 7.80. The Morgan fingerprint density at radius 2 is 1.61 bits per heavy atom. The molecule has 1 N–H and O–H groups in total. The molecule has 6 nitrogen and oxygen atoms in total. The number of pyridine rings is 1. The molecule has 2 atom stereocenters. The van der Waals surface area contributed by atoms with Gasteiger partial charge in [-0.15, -0.1) is 0 Å². The molecule has 38 heavy (non-hydrogen) atoms. The van der Waals surface area contributed by atoms with E-state index in [1.165, 1.54) is 22.6 Å². The Labute approximate surface area is 237 Å². The first-order chi connectivity index (χ1) is 18.5. The summed E-state index contributed by atoms with van der Waals surface area (Å²) in [5.41, 5.74) is 8.02. The van der Waals surface area contributed by atoms with Crippen LogP contribution in [-0.2, 0) is 4.74 Å². The zero-order chi connectivity index (χ0) is 26.2. The van der Waals surface area contributed by atoms with E-state index in [4.69, 9.17) is 21.9 Å². The van der Waals surface area contributed by atoms with Crippen LogP contribution in [0.1, 0.15) is 34.7 Å².